The second-order valence-corrected chi connectivity index (χ2v) is 6.89. The zero-order valence-electron chi connectivity index (χ0n) is 13.0. The van der Waals surface area contributed by atoms with E-state index in [1.807, 2.05) is 0 Å². The fourth-order valence-electron chi connectivity index (χ4n) is 2.58. The summed E-state index contributed by atoms with van der Waals surface area (Å²) in [7, 11) is 0. The van der Waals surface area contributed by atoms with E-state index in [9.17, 15) is 19.1 Å². The second kappa shape index (κ2) is 6.33. The molecule has 2 N–H and O–H groups in total. The lowest BCUT2D eigenvalue weighted by Crippen LogP contribution is -2.49. The van der Waals surface area contributed by atoms with Gasteiger partial charge in [0.15, 0.2) is 5.54 Å². The summed E-state index contributed by atoms with van der Waals surface area (Å²) in [4.78, 5) is 25.8. The van der Waals surface area contributed by atoms with Crippen LogP contribution < -0.4 is 5.32 Å². The molecule has 2 heterocycles. The zero-order chi connectivity index (χ0) is 17.3. The Hall–Kier alpha value is -2.25. The largest absolute Gasteiger partial charge is 0.479 e. The number of thiophene rings is 1. The standard InChI is InChI=1S/C17H16FNO4S/c1-17(16(21)22,11-2-4-12(18)5-3-11)19-15(20)14-8-10-9-23-7-6-13(10)24-14/h2-5,8H,6-7,9H2,1H3,(H,19,20)(H,21,22). The first kappa shape index (κ1) is 16.6. The predicted octanol–water partition coefficient (Wildman–Crippen LogP) is 2.69. The van der Waals surface area contributed by atoms with E-state index in [1.54, 1.807) is 6.07 Å². The summed E-state index contributed by atoms with van der Waals surface area (Å²) in [6.45, 7) is 2.47. The van der Waals surface area contributed by atoms with Gasteiger partial charge in [-0.15, -0.1) is 11.3 Å². The molecule has 0 radical (unpaired) electrons. The maximum absolute atomic E-state index is 13.1. The van der Waals surface area contributed by atoms with Gasteiger partial charge in [0.05, 0.1) is 18.1 Å². The normalized spacial score (nSPS) is 16.1. The number of carboxylic acid groups (broad SMARTS) is 1. The average molecular weight is 349 g/mol. The SMILES string of the molecule is CC(NC(=O)c1cc2c(s1)CCOC2)(C(=O)O)c1ccc(F)cc1. The van der Waals surface area contributed by atoms with Crippen LogP contribution in [0.1, 0.15) is 32.6 Å². The van der Waals surface area contributed by atoms with Crippen LogP contribution in [0.5, 0.6) is 0 Å². The molecule has 1 aromatic carbocycles. The predicted molar refractivity (Wildman–Crippen MR) is 86.5 cm³/mol. The van der Waals surface area contributed by atoms with E-state index >= 15 is 0 Å². The molecule has 0 saturated heterocycles. The van der Waals surface area contributed by atoms with Crippen molar-refractivity contribution in [2.24, 2.45) is 0 Å². The highest BCUT2D eigenvalue weighted by Gasteiger charge is 2.37. The summed E-state index contributed by atoms with van der Waals surface area (Å²) < 4.78 is 18.4. The van der Waals surface area contributed by atoms with Crippen molar-refractivity contribution in [1.82, 2.24) is 5.32 Å². The quantitative estimate of drug-likeness (QED) is 0.890. The highest BCUT2D eigenvalue weighted by atomic mass is 32.1. The Balaban J connectivity index is 1.87. The third-order valence-electron chi connectivity index (χ3n) is 4.06. The number of hydrogen-bond donors (Lipinski definition) is 2. The first-order chi connectivity index (χ1) is 11.4. The summed E-state index contributed by atoms with van der Waals surface area (Å²) in [5.74, 6) is -2.15. The van der Waals surface area contributed by atoms with Gasteiger partial charge in [0, 0.05) is 11.3 Å². The van der Waals surface area contributed by atoms with E-state index in [0.29, 0.717) is 23.7 Å². The van der Waals surface area contributed by atoms with Gasteiger partial charge >= 0.3 is 5.97 Å². The number of amides is 1. The van der Waals surface area contributed by atoms with Crippen molar-refractivity contribution in [3.8, 4) is 0 Å². The van der Waals surface area contributed by atoms with E-state index < -0.39 is 23.2 Å². The minimum Gasteiger partial charge on any atom is -0.479 e. The molecule has 1 aliphatic rings. The molecule has 0 fully saturated rings. The van der Waals surface area contributed by atoms with Gasteiger partial charge < -0.3 is 15.2 Å². The van der Waals surface area contributed by atoms with Crippen molar-refractivity contribution in [2.75, 3.05) is 6.61 Å². The lowest BCUT2D eigenvalue weighted by Gasteiger charge is -2.26. The van der Waals surface area contributed by atoms with Crippen LogP contribution in [0.4, 0.5) is 4.39 Å². The Bertz CT molecular complexity index is 763. The molecular weight excluding hydrogens is 333 g/mol. The molecule has 7 heteroatoms. The number of rotatable bonds is 4. The molecule has 2 aromatic rings. The van der Waals surface area contributed by atoms with Crippen molar-refractivity contribution in [3.05, 3.63) is 57.0 Å². The number of halogens is 1. The number of nitrogens with one attached hydrogen (secondary N) is 1. The van der Waals surface area contributed by atoms with E-state index in [0.717, 1.165) is 16.9 Å². The summed E-state index contributed by atoms with van der Waals surface area (Å²) >= 11 is 1.35. The third kappa shape index (κ3) is 3.05. The van der Waals surface area contributed by atoms with E-state index in [-0.39, 0.29) is 0 Å². The van der Waals surface area contributed by atoms with Crippen LogP contribution in [0.2, 0.25) is 0 Å². The molecule has 5 nitrogen and oxygen atoms in total. The average Bonchev–Trinajstić information content (AvgIpc) is 2.99. The van der Waals surface area contributed by atoms with Gasteiger partial charge in [0.25, 0.3) is 5.91 Å². The Morgan fingerprint density at radius 2 is 2.04 bits per heavy atom. The molecule has 0 bridgehead atoms. The molecular formula is C17H16FNO4S. The number of carbonyl (C=O) groups excluding carboxylic acids is 1. The molecule has 3 rings (SSSR count). The second-order valence-electron chi connectivity index (χ2n) is 5.75. The van der Waals surface area contributed by atoms with Crippen LogP contribution in [-0.4, -0.2) is 23.6 Å². The molecule has 1 unspecified atom stereocenters. The van der Waals surface area contributed by atoms with Crippen LogP contribution in [-0.2, 0) is 28.1 Å². The Morgan fingerprint density at radius 3 is 2.67 bits per heavy atom. The molecule has 1 aliphatic heterocycles. The summed E-state index contributed by atoms with van der Waals surface area (Å²) in [5, 5.41) is 12.2. The fourth-order valence-corrected chi connectivity index (χ4v) is 3.62. The van der Waals surface area contributed by atoms with Crippen molar-refractivity contribution in [1.29, 1.82) is 0 Å². The van der Waals surface area contributed by atoms with Crippen molar-refractivity contribution in [3.63, 3.8) is 0 Å². The van der Waals surface area contributed by atoms with Gasteiger partial charge in [0.2, 0.25) is 0 Å². The molecule has 1 amide bonds. The third-order valence-corrected chi connectivity index (χ3v) is 5.30. The minimum absolute atomic E-state index is 0.300. The number of hydrogen-bond acceptors (Lipinski definition) is 4. The minimum atomic E-state index is -1.65. The van der Waals surface area contributed by atoms with Crippen molar-refractivity contribution in [2.45, 2.75) is 25.5 Å². The fraction of sp³-hybridized carbons (Fsp3) is 0.294. The zero-order valence-corrected chi connectivity index (χ0v) is 13.8. The van der Waals surface area contributed by atoms with Crippen molar-refractivity contribution < 1.29 is 23.8 Å². The van der Waals surface area contributed by atoms with Gasteiger partial charge in [-0.3, -0.25) is 4.79 Å². The maximum atomic E-state index is 13.1. The van der Waals surface area contributed by atoms with Crippen LogP contribution in [0.25, 0.3) is 0 Å². The Labute approximate surface area is 142 Å². The summed E-state index contributed by atoms with van der Waals surface area (Å²) in [5.41, 5.74) is -0.379. The van der Waals surface area contributed by atoms with E-state index in [1.165, 1.54) is 42.5 Å². The number of benzene rings is 1. The van der Waals surface area contributed by atoms with Crippen molar-refractivity contribution >= 4 is 23.2 Å². The molecule has 0 saturated carbocycles. The molecule has 24 heavy (non-hydrogen) atoms. The van der Waals surface area contributed by atoms with Crippen LogP contribution in [0, 0.1) is 5.82 Å². The Kier molecular flexibility index (Phi) is 4.38. The van der Waals surface area contributed by atoms with Crippen LogP contribution >= 0.6 is 11.3 Å². The topological polar surface area (TPSA) is 75.6 Å². The maximum Gasteiger partial charge on any atom is 0.333 e. The molecule has 1 atom stereocenters. The van der Waals surface area contributed by atoms with Crippen LogP contribution in [0.3, 0.4) is 0 Å². The lowest BCUT2D eigenvalue weighted by atomic mass is 9.92. The lowest BCUT2D eigenvalue weighted by molar-refractivity contribution is -0.144. The van der Waals surface area contributed by atoms with Gasteiger partial charge in [-0.1, -0.05) is 12.1 Å². The van der Waals surface area contributed by atoms with Gasteiger partial charge in [0.1, 0.15) is 5.82 Å². The van der Waals surface area contributed by atoms with Gasteiger partial charge in [-0.25, -0.2) is 9.18 Å². The number of carbonyl (C=O) groups is 2. The smallest absolute Gasteiger partial charge is 0.333 e. The van der Waals surface area contributed by atoms with E-state index in [2.05, 4.69) is 5.32 Å². The highest BCUT2D eigenvalue weighted by molar-refractivity contribution is 7.14. The number of carboxylic acids is 1. The molecule has 1 aromatic heterocycles. The summed E-state index contributed by atoms with van der Waals surface area (Å²) in [6, 6.07) is 6.79. The molecule has 126 valence electrons. The first-order valence-electron chi connectivity index (χ1n) is 7.41. The summed E-state index contributed by atoms with van der Waals surface area (Å²) in [6.07, 6.45) is 0.751. The first-order valence-corrected chi connectivity index (χ1v) is 8.23. The van der Waals surface area contributed by atoms with Gasteiger partial charge in [-0.2, -0.15) is 0 Å². The highest BCUT2D eigenvalue weighted by Crippen LogP contribution is 2.28. The van der Waals surface area contributed by atoms with E-state index in [4.69, 9.17) is 4.74 Å². The molecule has 0 aliphatic carbocycles. The van der Waals surface area contributed by atoms with Crippen LogP contribution in [0.15, 0.2) is 30.3 Å². The number of fused-ring (bicyclic) bond motifs is 1. The molecule has 0 spiro atoms. The monoisotopic (exact) mass is 349 g/mol. The number of ether oxygens (including phenoxy) is 1. The number of aliphatic carboxylic acids is 1. The Morgan fingerprint density at radius 1 is 1.33 bits per heavy atom. The van der Waals surface area contributed by atoms with Gasteiger partial charge in [-0.05, 0) is 36.2 Å².